The standard InChI is InChI=1S/C20H17N5O3/c1-11(2)25-15-9-8-12(10-16(15)27-20(25)26)18-21-19(28-23-18)17-13-6-4-5-7-14(13)24(3)22-17/h4-11H,1-3H3. The molecule has 0 aliphatic rings. The molecule has 0 amide bonds. The van der Waals surface area contributed by atoms with E-state index in [-0.39, 0.29) is 11.8 Å². The van der Waals surface area contributed by atoms with Gasteiger partial charge in [0.2, 0.25) is 5.82 Å². The molecule has 0 aliphatic carbocycles. The predicted molar refractivity (Wildman–Crippen MR) is 104 cm³/mol. The first-order valence-electron chi connectivity index (χ1n) is 8.94. The van der Waals surface area contributed by atoms with Crippen LogP contribution >= 0.6 is 0 Å². The Morgan fingerprint density at radius 1 is 1.07 bits per heavy atom. The predicted octanol–water partition coefficient (Wildman–Crippen LogP) is 3.78. The van der Waals surface area contributed by atoms with Crippen molar-refractivity contribution in [2.75, 3.05) is 0 Å². The van der Waals surface area contributed by atoms with Gasteiger partial charge in [-0.1, -0.05) is 23.4 Å². The van der Waals surface area contributed by atoms with E-state index in [1.54, 1.807) is 15.3 Å². The first-order valence-corrected chi connectivity index (χ1v) is 8.94. The lowest BCUT2D eigenvalue weighted by atomic mass is 10.2. The molecule has 0 aliphatic heterocycles. The molecule has 0 radical (unpaired) electrons. The number of rotatable bonds is 3. The van der Waals surface area contributed by atoms with Crippen molar-refractivity contribution in [1.82, 2.24) is 24.5 Å². The molecule has 2 aromatic carbocycles. The number of fused-ring (bicyclic) bond motifs is 2. The van der Waals surface area contributed by atoms with Crippen molar-refractivity contribution < 1.29 is 8.94 Å². The summed E-state index contributed by atoms with van der Waals surface area (Å²) in [6.07, 6.45) is 0. The van der Waals surface area contributed by atoms with Crippen molar-refractivity contribution in [1.29, 1.82) is 0 Å². The summed E-state index contributed by atoms with van der Waals surface area (Å²) >= 11 is 0. The van der Waals surface area contributed by atoms with Crippen molar-refractivity contribution in [3.8, 4) is 23.0 Å². The van der Waals surface area contributed by atoms with E-state index < -0.39 is 0 Å². The Morgan fingerprint density at radius 3 is 2.71 bits per heavy atom. The summed E-state index contributed by atoms with van der Waals surface area (Å²) in [5.41, 5.74) is 3.55. The third kappa shape index (κ3) is 2.38. The van der Waals surface area contributed by atoms with Crippen LogP contribution in [-0.2, 0) is 7.05 Å². The number of nitrogens with zero attached hydrogens (tertiary/aromatic N) is 5. The van der Waals surface area contributed by atoms with Gasteiger partial charge in [-0.3, -0.25) is 9.25 Å². The van der Waals surface area contributed by atoms with Gasteiger partial charge in [0.15, 0.2) is 11.3 Å². The van der Waals surface area contributed by atoms with Gasteiger partial charge in [-0.15, -0.1) is 0 Å². The molecule has 0 spiro atoms. The van der Waals surface area contributed by atoms with Gasteiger partial charge in [-0.2, -0.15) is 10.1 Å². The second-order valence-electron chi connectivity index (χ2n) is 6.93. The molecular weight excluding hydrogens is 358 g/mol. The molecule has 5 aromatic rings. The second-order valence-corrected chi connectivity index (χ2v) is 6.93. The minimum Gasteiger partial charge on any atom is -0.408 e. The van der Waals surface area contributed by atoms with E-state index in [2.05, 4.69) is 15.2 Å². The van der Waals surface area contributed by atoms with E-state index in [1.807, 2.05) is 57.3 Å². The molecular formula is C20H17N5O3. The van der Waals surface area contributed by atoms with Gasteiger partial charge in [0.05, 0.1) is 11.0 Å². The summed E-state index contributed by atoms with van der Waals surface area (Å²) in [7, 11) is 1.87. The molecule has 8 nitrogen and oxygen atoms in total. The summed E-state index contributed by atoms with van der Waals surface area (Å²) < 4.78 is 14.2. The lowest BCUT2D eigenvalue weighted by molar-refractivity contribution is 0.430. The van der Waals surface area contributed by atoms with Crippen LogP contribution in [0.2, 0.25) is 0 Å². The Hall–Kier alpha value is -3.68. The molecule has 28 heavy (non-hydrogen) atoms. The van der Waals surface area contributed by atoms with Gasteiger partial charge in [0.25, 0.3) is 5.89 Å². The van der Waals surface area contributed by atoms with Crippen molar-refractivity contribution in [3.63, 3.8) is 0 Å². The zero-order valence-corrected chi connectivity index (χ0v) is 15.6. The highest BCUT2D eigenvalue weighted by Crippen LogP contribution is 2.29. The molecule has 0 saturated carbocycles. The summed E-state index contributed by atoms with van der Waals surface area (Å²) in [4.78, 5) is 16.6. The minimum atomic E-state index is -0.379. The monoisotopic (exact) mass is 375 g/mol. The minimum absolute atomic E-state index is 0.00816. The Balaban J connectivity index is 1.60. The van der Waals surface area contributed by atoms with E-state index >= 15 is 0 Å². The number of oxazole rings is 1. The largest absolute Gasteiger partial charge is 0.420 e. The lowest BCUT2D eigenvalue weighted by Gasteiger charge is -2.04. The average molecular weight is 375 g/mol. The van der Waals surface area contributed by atoms with Gasteiger partial charge in [-0.25, -0.2) is 4.79 Å². The van der Waals surface area contributed by atoms with Crippen LogP contribution in [0.4, 0.5) is 0 Å². The quantitative estimate of drug-likeness (QED) is 0.476. The molecule has 8 heteroatoms. The number of benzene rings is 2. The fourth-order valence-corrected chi connectivity index (χ4v) is 3.47. The number of aryl methyl sites for hydroxylation is 1. The molecule has 0 saturated heterocycles. The average Bonchev–Trinajstić information content (AvgIpc) is 3.36. The molecule has 0 N–H and O–H groups in total. The van der Waals surface area contributed by atoms with Crippen LogP contribution in [0.3, 0.4) is 0 Å². The lowest BCUT2D eigenvalue weighted by Crippen LogP contribution is -2.15. The zero-order valence-electron chi connectivity index (χ0n) is 15.6. The number of hydrogen-bond acceptors (Lipinski definition) is 6. The van der Waals surface area contributed by atoms with E-state index in [4.69, 9.17) is 8.94 Å². The molecule has 0 atom stereocenters. The third-order valence-corrected chi connectivity index (χ3v) is 4.77. The van der Waals surface area contributed by atoms with Crippen LogP contribution < -0.4 is 5.76 Å². The molecule has 0 fully saturated rings. The summed E-state index contributed by atoms with van der Waals surface area (Å²) in [6.45, 7) is 3.87. The highest BCUT2D eigenvalue weighted by atomic mass is 16.5. The maximum Gasteiger partial charge on any atom is 0.420 e. The van der Waals surface area contributed by atoms with E-state index in [0.717, 1.165) is 16.4 Å². The van der Waals surface area contributed by atoms with Gasteiger partial charge >= 0.3 is 5.76 Å². The normalized spacial score (nSPS) is 11.9. The van der Waals surface area contributed by atoms with Crippen molar-refractivity contribution in [2.45, 2.75) is 19.9 Å². The van der Waals surface area contributed by atoms with Gasteiger partial charge in [0.1, 0.15) is 0 Å². The second kappa shape index (κ2) is 5.91. The summed E-state index contributed by atoms with van der Waals surface area (Å²) in [5, 5.41) is 9.54. The zero-order chi connectivity index (χ0) is 19.4. The fourth-order valence-electron chi connectivity index (χ4n) is 3.47. The Kier molecular flexibility index (Phi) is 3.48. The van der Waals surface area contributed by atoms with Crippen molar-refractivity contribution in [3.05, 3.63) is 53.0 Å². The topological polar surface area (TPSA) is 91.9 Å². The number of hydrogen-bond donors (Lipinski definition) is 0. The Morgan fingerprint density at radius 2 is 1.89 bits per heavy atom. The maximum atomic E-state index is 12.1. The SMILES string of the molecule is CC(C)n1c(=O)oc2cc(-c3noc(-c4nn(C)c5ccccc45)n3)ccc21. The number of para-hydroxylation sites is 1. The highest BCUT2D eigenvalue weighted by molar-refractivity contribution is 5.91. The van der Waals surface area contributed by atoms with Crippen LogP contribution in [0, 0.1) is 0 Å². The van der Waals surface area contributed by atoms with E-state index in [0.29, 0.717) is 28.6 Å². The van der Waals surface area contributed by atoms with Crippen molar-refractivity contribution >= 4 is 22.0 Å². The van der Waals surface area contributed by atoms with E-state index in [9.17, 15) is 4.79 Å². The molecule has 0 unspecified atom stereocenters. The van der Waals surface area contributed by atoms with Gasteiger partial charge in [-0.05, 0) is 38.1 Å². The molecule has 5 rings (SSSR count). The Bertz CT molecular complexity index is 1390. The number of aromatic nitrogens is 5. The van der Waals surface area contributed by atoms with Crippen LogP contribution in [0.5, 0.6) is 0 Å². The smallest absolute Gasteiger partial charge is 0.408 e. The first kappa shape index (κ1) is 16.5. The Labute approximate surface area is 159 Å². The van der Waals surface area contributed by atoms with Gasteiger partial charge in [0, 0.05) is 24.0 Å². The van der Waals surface area contributed by atoms with Crippen LogP contribution in [-0.4, -0.2) is 24.5 Å². The highest BCUT2D eigenvalue weighted by Gasteiger charge is 2.19. The fraction of sp³-hybridized carbons (Fsp3) is 0.200. The summed E-state index contributed by atoms with van der Waals surface area (Å²) in [6, 6.07) is 13.3. The maximum absolute atomic E-state index is 12.1. The van der Waals surface area contributed by atoms with Crippen LogP contribution in [0.1, 0.15) is 19.9 Å². The third-order valence-electron chi connectivity index (χ3n) is 4.77. The van der Waals surface area contributed by atoms with Gasteiger partial charge < -0.3 is 8.94 Å². The van der Waals surface area contributed by atoms with E-state index in [1.165, 1.54) is 0 Å². The molecule has 3 heterocycles. The van der Waals surface area contributed by atoms with Crippen LogP contribution in [0.15, 0.2) is 56.2 Å². The first-order chi connectivity index (χ1) is 13.5. The van der Waals surface area contributed by atoms with Crippen LogP contribution in [0.25, 0.3) is 45.0 Å². The molecule has 140 valence electrons. The molecule has 0 bridgehead atoms. The summed E-state index contributed by atoms with van der Waals surface area (Å²) in [5.74, 6) is 0.371. The van der Waals surface area contributed by atoms with Crippen molar-refractivity contribution in [2.24, 2.45) is 7.05 Å². The molecule has 3 aromatic heterocycles.